The minimum atomic E-state index is -0.317. The fourth-order valence-corrected chi connectivity index (χ4v) is 3.60. The lowest BCUT2D eigenvalue weighted by molar-refractivity contribution is -0.0171. The summed E-state index contributed by atoms with van der Waals surface area (Å²) < 4.78 is 26.0. The van der Waals surface area contributed by atoms with Gasteiger partial charge in [-0.25, -0.2) is 9.07 Å². The van der Waals surface area contributed by atoms with Crippen molar-refractivity contribution in [2.24, 2.45) is 0 Å². The molecule has 2 heterocycles. The Hall–Kier alpha value is -2.58. The molecule has 2 aromatic carbocycles. The molecule has 0 amide bonds. The molecule has 1 aromatic heterocycles. The highest BCUT2D eigenvalue weighted by Crippen LogP contribution is 2.34. The molecule has 3 aromatic rings. The predicted octanol–water partition coefficient (Wildman–Crippen LogP) is 3.27. The van der Waals surface area contributed by atoms with Crippen LogP contribution in [-0.2, 0) is 17.1 Å². The molecule has 0 saturated heterocycles. The highest BCUT2D eigenvalue weighted by molar-refractivity contribution is 7.98. The van der Waals surface area contributed by atoms with Gasteiger partial charge in [0.25, 0.3) is 0 Å². The van der Waals surface area contributed by atoms with Crippen LogP contribution >= 0.6 is 11.8 Å². The normalized spacial score (nSPS) is 13.3. The minimum absolute atomic E-state index is 0.168. The number of halogens is 1. The monoisotopic (exact) mass is 372 g/mol. The zero-order valence-electron chi connectivity index (χ0n) is 14.1. The number of benzene rings is 2. The van der Waals surface area contributed by atoms with Crippen molar-refractivity contribution < 1.29 is 13.9 Å². The first-order valence-corrected chi connectivity index (χ1v) is 9.02. The molecule has 0 saturated carbocycles. The van der Waals surface area contributed by atoms with Crippen LogP contribution in [0.4, 0.5) is 4.39 Å². The van der Waals surface area contributed by atoms with Crippen LogP contribution in [-0.4, -0.2) is 21.7 Å². The molecule has 6 nitrogen and oxygen atoms in total. The van der Waals surface area contributed by atoms with Crippen LogP contribution in [0.3, 0.4) is 0 Å². The van der Waals surface area contributed by atoms with E-state index < -0.39 is 0 Å². The third-order valence-electron chi connectivity index (χ3n) is 4.08. The van der Waals surface area contributed by atoms with Crippen molar-refractivity contribution in [3.8, 4) is 17.1 Å². The number of rotatable bonds is 4. The maximum atomic E-state index is 13.8. The third-order valence-corrected chi connectivity index (χ3v) is 5.07. The zero-order chi connectivity index (χ0) is 18.1. The molecule has 0 aliphatic carbocycles. The smallest absolute Gasteiger partial charge is 0.210 e. The van der Waals surface area contributed by atoms with E-state index in [-0.39, 0.29) is 12.6 Å². The molecule has 1 aliphatic heterocycles. The summed E-state index contributed by atoms with van der Waals surface area (Å²) >= 11 is 1.38. The molecule has 1 aliphatic rings. The fourth-order valence-electron chi connectivity index (χ4n) is 2.78. The van der Waals surface area contributed by atoms with Crippen LogP contribution in [0.15, 0.2) is 41.6 Å². The summed E-state index contributed by atoms with van der Waals surface area (Å²) in [4.78, 5) is 0. The molecule has 26 heavy (non-hydrogen) atoms. The summed E-state index contributed by atoms with van der Waals surface area (Å²) in [6.07, 6.45) is 0. The van der Waals surface area contributed by atoms with Crippen LogP contribution in [0.2, 0.25) is 0 Å². The van der Waals surface area contributed by atoms with Crippen LogP contribution in [0.5, 0.6) is 5.75 Å². The minimum Gasteiger partial charge on any atom is -0.467 e. The summed E-state index contributed by atoms with van der Waals surface area (Å²) in [7, 11) is 0. The van der Waals surface area contributed by atoms with Gasteiger partial charge in [-0.05, 0) is 19.1 Å². The number of hydrogen-bond acceptors (Lipinski definition) is 6. The molecule has 2 N–H and O–H groups in total. The maximum Gasteiger partial charge on any atom is 0.210 e. The number of ether oxygens (including phenoxy) is 2. The van der Waals surface area contributed by atoms with Gasteiger partial charge in [-0.3, -0.25) is 0 Å². The van der Waals surface area contributed by atoms with E-state index in [1.54, 1.807) is 0 Å². The number of aryl methyl sites for hydroxylation is 1. The maximum absolute atomic E-state index is 13.8. The van der Waals surface area contributed by atoms with Crippen LogP contribution < -0.4 is 10.6 Å². The molecule has 0 bridgehead atoms. The SMILES string of the molecule is Cc1ccc(-c2nnc(SCc3cc(F)cc4c3OCOC4)n2N)cc1. The van der Waals surface area contributed by atoms with Crippen LogP contribution in [0, 0.1) is 12.7 Å². The summed E-state index contributed by atoms with van der Waals surface area (Å²) in [5, 5.41) is 8.88. The number of thioether (sulfide) groups is 1. The van der Waals surface area contributed by atoms with Crippen molar-refractivity contribution in [2.75, 3.05) is 12.6 Å². The van der Waals surface area contributed by atoms with E-state index in [0.29, 0.717) is 34.7 Å². The van der Waals surface area contributed by atoms with Gasteiger partial charge in [-0.15, -0.1) is 10.2 Å². The van der Waals surface area contributed by atoms with Crippen LogP contribution in [0.1, 0.15) is 16.7 Å². The zero-order valence-corrected chi connectivity index (χ0v) is 14.9. The lowest BCUT2D eigenvalue weighted by Crippen LogP contribution is -2.14. The van der Waals surface area contributed by atoms with E-state index in [9.17, 15) is 4.39 Å². The topological polar surface area (TPSA) is 75.2 Å². The Kier molecular flexibility index (Phi) is 4.52. The molecular weight excluding hydrogens is 355 g/mol. The Labute approximate surface area is 154 Å². The van der Waals surface area contributed by atoms with Gasteiger partial charge in [0.05, 0.1) is 6.61 Å². The van der Waals surface area contributed by atoms with E-state index >= 15 is 0 Å². The Bertz CT molecular complexity index is 943. The number of nitrogen functional groups attached to an aromatic ring is 1. The number of fused-ring (bicyclic) bond motifs is 1. The largest absolute Gasteiger partial charge is 0.467 e. The van der Waals surface area contributed by atoms with E-state index in [1.165, 1.54) is 28.6 Å². The lowest BCUT2D eigenvalue weighted by atomic mass is 10.1. The second-order valence-corrected chi connectivity index (χ2v) is 6.94. The third kappa shape index (κ3) is 3.25. The summed E-state index contributed by atoms with van der Waals surface area (Å²) in [5.74, 6) is 7.55. The van der Waals surface area contributed by atoms with Gasteiger partial charge in [0.2, 0.25) is 5.16 Å². The first-order chi connectivity index (χ1) is 12.6. The van der Waals surface area contributed by atoms with Gasteiger partial charge in [0, 0.05) is 22.4 Å². The van der Waals surface area contributed by atoms with Gasteiger partial charge in [-0.2, -0.15) is 0 Å². The van der Waals surface area contributed by atoms with Gasteiger partial charge < -0.3 is 15.3 Å². The number of nitrogens with zero attached hydrogens (tertiary/aromatic N) is 3. The molecule has 0 spiro atoms. The first kappa shape index (κ1) is 16.9. The number of nitrogens with two attached hydrogens (primary N) is 1. The van der Waals surface area contributed by atoms with Crippen molar-refractivity contribution in [3.63, 3.8) is 0 Å². The molecule has 134 valence electrons. The molecule has 4 rings (SSSR count). The van der Waals surface area contributed by atoms with Gasteiger partial charge in [0.1, 0.15) is 11.6 Å². The standard InChI is InChI=1S/C18H17FN4O2S/c1-11-2-4-12(5-3-11)17-21-22-18(23(17)20)26-9-14-7-15(19)6-13-8-24-10-25-16(13)14/h2-7H,8-10,20H2,1H3. The van der Waals surface area contributed by atoms with E-state index in [1.807, 2.05) is 31.2 Å². The molecule has 0 atom stereocenters. The van der Waals surface area contributed by atoms with Crippen molar-refractivity contribution in [3.05, 3.63) is 58.9 Å². The Balaban J connectivity index is 1.56. The summed E-state index contributed by atoms with van der Waals surface area (Å²) in [6, 6.07) is 10.8. The number of aromatic nitrogens is 3. The molecule has 0 fully saturated rings. The molecule has 0 radical (unpaired) electrons. The van der Waals surface area contributed by atoms with Crippen LogP contribution in [0.25, 0.3) is 11.4 Å². The summed E-state index contributed by atoms with van der Waals surface area (Å²) in [5.41, 5.74) is 3.50. The van der Waals surface area contributed by atoms with E-state index in [4.69, 9.17) is 15.3 Å². The van der Waals surface area contributed by atoms with Crippen molar-refractivity contribution >= 4 is 11.8 Å². The van der Waals surface area contributed by atoms with Crippen molar-refractivity contribution in [2.45, 2.75) is 24.4 Å². The van der Waals surface area contributed by atoms with Gasteiger partial charge in [0.15, 0.2) is 12.6 Å². The highest BCUT2D eigenvalue weighted by Gasteiger charge is 2.19. The van der Waals surface area contributed by atoms with Crippen molar-refractivity contribution in [1.82, 2.24) is 14.9 Å². The van der Waals surface area contributed by atoms with Gasteiger partial charge in [-0.1, -0.05) is 41.6 Å². The van der Waals surface area contributed by atoms with Gasteiger partial charge >= 0.3 is 0 Å². The van der Waals surface area contributed by atoms with E-state index in [0.717, 1.165) is 16.7 Å². The average molecular weight is 372 g/mol. The predicted molar refractivity (Wildman–Crippen MR) is 96.6 cm³/mol. The molecular formula is C18H17FN4O2S. The fraction of sp³-hybridized carbons (Fsp3) is 0.222. The average Bonchev–Trinajstić information content (AvgIpc) is 3.01. The second-order valence-electron chi connectivity index (χ2n) is 5.99. The molecule has 0 unspecified atom stereocenters. The quantitative estimate of drug-likeness (QED) is 0.560. The second kappa shape index (κ2) is 6.97. The van der Waals surface area contributed by atoms with Crippen molar-refractivity contribution in [1.29, 1.82) is 0 Å². The summed E-state index contributed by atoms with van der Waals surface area (Å²) in [6.45, 7) is 2.53. The molecule has 8 heteroatoms. The first-order valence-electron chi connectivity index (χ1n) is 8.04. The Morgan fingerprint density at radius 2 is 2.04 bits per heavy atom. The highest BCUT2D eigenvalue weighted by atomic mass is 32.2. The Morgan fingerprint density at radius 3 is 2.85 bits per heavy atom. The lowest BCUT2D eigenvalue weighted by Gasteiger charge is -2.20. The van der Waals surface area contributed by atoms with E-state index in [2.05, 4.69) is 10.2 Å². The number of hydrogen-bond donors (Lipinski definition) is 1. The Morgan fingerprint density at radius 1 is 1.23 bits per heavy atom.